The number of nitrogens with one attached hydrogen (secondary N) is 1. The van der Waals surface area contributed by atoms with Crippen LogP contribution in [0, 0.1) is 5.92 Å². The van der Waals surface area contributed by atoms with Gasteiger partial charge in [-0.05, 0) is 45.1 Å². The molecule has 2 unspecified atom stereocenters. The van der Waals surface area contributed by atoms with Crippen LogP contribution in [0.2, 0.25) is 0 Å². The van der Waals surface area contributed by atoms with Crippen molar-refractivity contribution in [2.24, 2.45) is 5.92 Å². The molecule has 0 heterocycles. The van der Waals surface area contributed by atoms with Crippen molar-refractivity contribution in [3.63, 3.8) is 0 Å². The Balaban J connectivity index is 2.03. The van der Waals surface area contributed by atoms with E-state index in [2.05, 4.69) is 43.4 Å². The van der Waals surface area contributed by atoms with Crippen LogP contribution in [-0.4, -0.2) is 12.6 Å². The van der Waals surface area contributed by atoms with E-state index in [0.29, 0.717) is 12.1 Å². The number of hydrogen-bond acceptors (Lipinski definition) is 2. The van der Waals surface area contributed by atoms with E-state index in [1.54, 1.807) is 0 Å². The van der Waals surface area contributed by atoms with Crippen molar-refractivity contribution in [2.45, 2.75) is 71.4 Å². The fourth-order valence-electron chi connectivity index (χ4n) is 3.66. The summed E-state index contributed by atoms with van der Waals surface area (Å²) >= 11 is 0. The second-order valence-corrected chi connectivity index (χ2v) is 6.27. The highest BCUT2D eigenvalue weighted by Crippen LogP contribution is 2.31. The van der Waals surface area contributed by atoms with Crippen LogP contribution in [0.1, 0.15) is 70.9 Å². The Morgan fingerprint density at radius 2 is 1.86 bits per heavy atom. The molecule has 0 bridgehead atoms. The quantitative estimate of drug-likeness (QED) is 0.754. The molecular formula is C19H31NO. The van der Waals surface area contributed by atoms with Gasteiger partial charge in [-0.2, -0.15) is 0 Å². The van der Waals surface area contributed by atoms with Crippen molar-refractivity contribution in [1.29, 1.82) is 0 Å². The van der Waals surface area contributed by atoms with Crippen molar-refractivity contribution >= 4 is 0 Å². The van der Waals surface area contributed by atoms with Crippen molar-refractivity contribution in [3.8, 4) is 5.75 Å². The van der Waals surface area contributed by atoms with Crippen molar-refractivity contribution in [3.05, 3.63) is 29.8 Å². The normalized spacial score (nSPS) is 19.2. The second-order valence-electron chi connectivity index (χ2n) is 6.27. The largest absolute Gasteiger partial charge is 0.494 e. The third-order valence-electron chi connectivity index (χ3n) is 4.81. The average molecular weight is 289 g/mol. The molecule has 0 aliphatic heterocycles. The molecule has 1 aromatic carbocycles. The zero-order valence-corrected chi connectivity index (χ0v) is 13.9. The van der Waals surface area contributed by atoms with Gasteiger partial charge >= 0.3 is 0 Å². The molecule has 2 rings (SSSR count). The maximum Gasteiger partial charge on any atom is 0.124 e. The Hall–Kier alpha value is -1.02. The highest BCUT2D eigenvalue weighted by atomic mass is 16.5. The molecule has 0 amide bonds. The lowest BCUT2D eigenvalue weighted by atomic mass is 9.82. The van der Waals surface area contributed by atoms with Gasteiger partial charge in [-0.3, -0.25) is 0 Å². The Kier molecular flexibility index (Phi) is 6.56. The topological polar surface area (TPSA) is 21.3 Å². The van der Waals surface area contributed by atoms with E-state index in [4.69, 9.17) is 4.74 Å². The molecule has 2 atom stereocenters. The monoisotopic (exact) mass is 289 g/mol. The first-order chi connectivity index (χ1) is 10.3. The van der Waals surface area contributed by atoms with E-state index in [-0.39, 0.29) is 0 Å². The van der Waals surface area contributed by atoms with Crippen LogP contribution in [0.3, 0.4) is 0 Å². The SMILES string of the molecule is CCOc1ccccc1C(C)NC(CC)C1CCCCC1. The van der Waals surface area contributed by atoms with Gasteiger partial charge < -0.3 is 10.1 Å². The van der Waals surface area contributed by atoms with E-state index in [1.165, 1.54) is 44.1 Å². The van der Waals surface area contributed by atoms with Gasteiger partial charge in [0.1, 0.15) is 5.75 Å². The predicted octanol–water partition coefficient (Wildman–Crippen LogP) is 5.09. The molecule has 2 heteroatoms. The van der Waals surface area contributed by atoms with E-state index in [1.807, 2.05) is 6.92 Å². The summed E-state index contributed by atoms with van der Waals surface area (Å²) in [7, 11) is 0. The lowest BCUT2D eigenvalue weighted by molar-refractivity contribution is 0.247. The van der Waals surface area contributed by atoms with Crippen LogP contribution in [0.4, 0.5) is 0 Å². The van der Waals surface area contributed by atoms with Gasteiger partial charge in [-0.15, -0.1) is 0 Å². The van der Waals surface area contributed by atoms with Gasteiger partial charge in [0.25, 0.3) is 0 Å². The molecule has 21 heavy (non-hydrogen) atoms. The van der Waals surface area contributed by atoms with Crippen LogP contribution in [0.25, 0.3) is 0 Å². The molecule has 1 N–H and O–H groups in total. The van der Waals surface area contributed by atoms with Crippen LogP contribution in [0.5, 0.6) is 5.75 Å². The maximum atomic E-state index is 5.78. The molecular weight excluding hydrogens is 258 g/mol. The van der Waals surface area contributed by atoms with E-state index >= 15 is 0 Å². The van der Waals surface area contributed by atoms with Crippen LogP contribution >= 0.6 is 0 Å². The second kappa shape index (κ2) is 8.43. The highest BCUT2D eigenvalue weighted by molar-refractivity contribution is 5.35. The van der Waals surface area contributed by atoms with Crippen LogP contribution in [-0.2, 0) is 0 Å². The number of hydrogen-bond donors (Lipinski definition) is 1. The summed E-state index contributed by atoms with van der Waals surface area (Å²) in [6.45, 7) is 7.35. The van der Waals surface area contributed by atoms with E-state index in [0.717, 1.165) is 18.3 Å². The summed E-state index contributed by atoms with van der Waals surface area (Å²) < 4.78 is 5.78. The third kappa shape index (κ3) is 4.47. The molecule has 1 saturated carbocycles. The predicted molar refractivity (Wildman–Crippen MR) is 89.8 cm³/mol. The van der Waals surface area contributed by atoms with Gasteiger partial charge in [-0.25, -0.2) is 0 Å². The number of ether oxygens (including phenoxy) is 1. The average Bonchev–Trinajstić information content (AvgIpc) is 2.54. The Labute approximate surface area is 130 Å². The zero-order chi connectivity index (χ0) is 15.1. The minimum absolute atomic E-state index is 0.347. The molecule has 1 aromatic rings. The smallest absolute Gasteiger partial charge is 0.124 e. The fourth-order valence-corrected chi connectivity index (χ4v) is 3.66. The summed E-state index contributed by atoms with van der Waals surface area (Å²) in [5, 5.41) is 3.87. The molecule has 118 valence electrons. The number of rotatable bonds is 7. The van der Waals surface area contributed by atoms with Gasteiger partial charge in [0.2, 0.25) is 0 Å². The van der Waals surface area contributed by atoms with E-state index < -0.39 is 0 Å². The fraction of sp³-hybridized carbons (Fsp3) is 0.684. The molecule has 0 saturated heterocycles. The number of para-hydroxylation sites is 1. The minimum Gasteiger partial charge on any atom is -0.494 e. The van der Waals surface area contributed by atoms with Crippen molar-refractivity contribution in [1.82, 2.24) is 5.32 Å². The summed E-state index contributed by atoms with van der Waals surface area (Å²) in [6.07, 6.45) is 8.25. The van der Waals surface area contributed by atoms with Crippen LogP contribution < -0.4 is 10.1 Å². The van der Waals surface area contributed by atoms with Crippen molar-refractivity contribution < 1.29 is 4.74 Å². The van der Waals surface area contributed by atoms with Crippen molar-refractivity contribution in [2.75, 3.05) is 6.61 Å². The number of benzene rings is 1. The lowest BCUT2D eigenvalue weighted by Crippen LogP contribution is -2.38. The first-order valence-corrected chi connectivity index (χ1v) is 8.74. The first kappa shape index (κ1) is 16.4. The van der Waals surface area contributed by atoms with Gasteiger partial charge in [0.15, 0.2) is 0 Å². The Morgan fingerprint density at radius 3 is 2.52 bits per heavy atom. The minimum atomic E-state index is 0.347. The third-order valence-corrected chi connectivity index (χ3v) is 4.81. The first-order valence-electron chi connectivity index (χ1n) is 8.74. The molecule has 0 spiro atoms. The molecule has 1 fully saturated rings. The molecule has 1 aliphatic rings. The highest BCUT2D eigenvalue weighted by Gasteiger charge is 2.24. The molecule has 1 aliphatic carbocycles. The van der Waals surface area contributed by atoms with Crippen LogP contribution in [0.15, 0.2) is 24.3 Å². The van der Waals surface area contributed by atoms with E-state index in [9.17, 15) is 0 Å². The summed E-state index contributed by atoms with van der Waals surface area (Å²) in [5.41, 5.74) is 1.29. The zero-order valence-electron chi connectivity index (χ0n) is 13.9. The van der Waals surface area contributed by atoms with Gasteiger partial charge in [0, 0.05) is 17.6 Å². The Bertz CT molecular complexity index is 412. The summed E-state index contributed by atoms with van der Waals surface area (Å²) in [6, 6.07) is 9.42. The maximum absolute atomic E-state index is 5.78. The lowest BCUT2D eigenvalue weighted by Gasteiger charge is -2.33. The standard InChI is InChI=1S/C19H31NO/c1-4-18(16-11-7-6-8-12-16)20-15(3)17-13-9-10-14-19(17)21-5-2/h9-10,13-16,18,20H,4-8,11-12H2,1-3H3. The summed E-state index contributed by atoms with van der Waals surface area (Å²) in [4.78, 5) is 0. The summed E-state index contributed by atoms with van der Waals surface area (Å²) in [5.74, 6) is 1.88. The van der Waals surface area contributed by atoms with Gasteiger partial charge in [0.05, 0.1) is 6.61 Å². The molecule has 2 nitrogen and oxygen atoms in total. The molecule has 0 radical (unpaired) electrons. The molecule has 0 aromatic heterocycles. The van der Waals surface area contributed by atoms with Gasteiger partial charge in [-0.1, -0.05) is 44.4 Å². The Morgan fingerprint density at radius 1 is 1.14 bits per heavy atom.